The van der Waals surface area contributed by atoms with Gasteiger partial charge in [0.2, 0.25) is 0 Å². The number of sulfonamides is 1. The predicted octanol–water partition coefficient (Wildman–Crippen LogP) is 3.09. The predicted molar refractivity (Wildman–Crippen MR) is 168 cm³/mol. The molecular formula is C32H35N5O8S. The fraction of sp³-hybridized carbons (Fsp3) is 0.312. The van der Waals surface area contributed by atoms with E-state index in [0.29, 0.717) is 5.56 Å². The molecule has 2 aliphatic rings. The van der Waals surface area contributed by atoms with Crippen molar-refractivity contribution in [3.63, 3.8) is 0 Å². The van der Waals surface area contributed by atoms with Gasteiger partial charge in [0.05, 0.1) is 23.1 Å². The molecule has 1 saturated carbocycles. The molecule has 3 aromatic rings. The van der Waals surface area contributed by atoms with E-state index in [1.165, 1.54) is 43.5 Å². The number of methoxy groups -OCH3 is 1. The summed E-state index contributed by atoms with van der Waals surface area (Å²) in [6.07, 6.45) is 3.49. The highest BCUT2D eigenvalue weighted by Gasteiger charge is 2.43. The van der Waals surface area contributed by atoms with E-state index in [-0.39, 0.29) is 57.1 Å². The Labute approximate surface area is 266 Å². The second-order valence-corrected chi connectivity index (χ2v) is 13.0. The number of nitrogens with zero attached hydrogens (tertiary/aromatic N) is 2. The zero-order valence-electron chi connectivity index (χ0n) is 26.0. The number of aromatic carboxylic acids is 1. The molecule has 13 nitrogen and oxygen atoms in total. The van der Waals surface area contributed by atoms with Gasteiger partial charge in [-0.15, -0.1) is 0 Å². The van der Waals surface area contributed by atoms with E-state index in [4.69, 9.17) is 4.74 Å². The number of aromatic nitrogens is 1. The minimum absolute atomic E-state index is 0.00118. The second-order valence-electron chi connectivity index (χ2n) is 11.3. The van der Waals surface area contributed by atoms with Crippen LogP contribution in [0.25, 0.3) is 0 Å². The molecule has 242 valence electrons. The van der Waals surface area contributed by atoms with Crippen molar-refractivity contribution in [3.05, 3.63) is 88.7 Å². The normalized spacial score (nSPS) is 17.3. The van der Waals surface area contributed by atoms with Gasteiger partial charge in [-0.05, 0) is 80.6 Å². The van der Waals surface area contributed by atoms with Crippen molar-refractivity contribution >= 4 is 39.5 Å². The third-order valence-corrected chi connectivity index (χ3v) is 8.90. The first-order valence-corrected chi connectivity index (χ1v) is 15.9. The maximum Gasteiger partial charge on any atom is 0.338 e. The van der Waals surface area contributed by atoms with Crippen LogP contribution in [0.3, 0.4) is 0 Å². The molecule has 1 unspecified atom stereocenters. The molecule has 2 aromatic carbocycles. The lowest BCUT2D eigenvalue weighted by atomic mass is 9.89. The van der Waals surface area contributed by atoms with Gasteiger partial charge >= 0.3 is 5.97 Å². The standard InChI is InChI=1S/C18H18N2O5S.C14H17N3O3/c1-25-16-5-3-2-4-15(16)18(22)20-26(23,24)14-10-6-12(7-11-14)17(21)19-13-8-9-13;1-7(2)14(4)13(20)16-11(17-14)10-9(12(18)19)5-8(3)6-15-10/h2-7,10-11,13H,8-9H2,1H3,(H,19,21)(H,20,22);5-7H,1-4H3,(H,18,19)(H,16,17,20). The molecule has 4 N–H and O–H groups in total. The number of nitrogens with one attached hydrogen (secondary N) is 3. The number of rotatable bonds is 9. The Morgan fingerprint density at radius 2 is 1.70 bits per heavy atom. The number of carbonyl (C=O) groups excluding carboxylic acids is 3. The SMILES string of the molecule is COc1ccccc1C(=O)NS(=O)(=O)c1ccc(C(=O)NC2CC2)cc1.Cc1cnc(C2=NC(C)(C(C)C)C(=O)N2)c(C(=O)O)c1. The zero-order chi connectivity index (χ0) is 33.8. The van der Waals surface area contributed by atoms with E-state index in [9.17, 15) is 32.7 Å². The monoisotopic (exact) mass is 649 g/mol. The second kappa shape index (κ2) is 13.5. The summed E-state index contributed by atoms with van der Waals surface area (Å²) < 4.78 is 31.9. The summed E-state index contributed by atoms with van der Waals surface area (Å²) in [4.78, 5) is 56.0. The maximum atomic E-state index is 12.4. The molecule has 0 bridgehead atoms. The molecule has 0 radical (unpaired) electrons. The number of hydrogen-bond donors (Lipinski definition) is 4. The van der Waals surface area contributed by atoms with E-state index in [1.54, 1.807) is 38.2 Å². The van der Waals surface area contributed by atoms with Gasteiger partial charge in [-0.3, -0.25) is 19.4 Å². The first kappa shape index (κ1) is 33.8. The number of aliphatic imine (C=N–C) groups is 1. The summed E-state index contributed by atoms with van der Waals surface area (Å²) in [5.41, 5.74) is 0.559. The lowest BCUT2D eigenvalue weighted by Crippen LogP contribution is -2.41. The summed E-state index contributed by atoms with van der Waals surface area (Å²) >= 11 is 0. The minimum atomic E-state index is -4.07. The molecule has 1 fully saturated rings. The van der Waals surface area contributed by atoms with Crippen molar-refractivity contribution in [1.29, 1.82) is 0 Å². The van der Waals surface area contributed by atoms with Gasteiger partial charge in [0.1, 0.15) is 17.0 Å². The van der Waals surface area contributed by atoms with E-state index in [1.807, 2.05) is 18.6 Å². The van der Waals surface area contributed by atoms with Crippen LogP contribution in [0.15, 0.2) is 70.7 Å². The molecule has 3 amide bonds. The van der Waals surface area contributed by atoms with Crippen molar-refractivity contribution in [3.8, 4) is 5.75 Å². The van der Waals surface area contributed by atoms with E-state index >= 15 is 0 Å². The minimum Gasteiger partial charge on any atom is -0.496 e. The van der Waals surface area contributed by atoms with Gasteiger partial charge in [-0.2, -0.15) is 0 Å². The van der Waals surface area contributed by atoms with Gasteiger partial charge in [-0.25, -0.2) is 22.9 Å². The highest BCUT2D eigenvalue weighted by atomic mass is 32.2. The molecule has 2 heterocycles. The zero-order valence-corrected chi connectivity index (χ0v) is 26.8. The lowest BCUT2D eigenvalue weighted by Gasteiger charge is -2.21. The first-order chi connectivity index (χ1) is 21.7. The van der Waals surface area contributed by atoms with Crippen LogP contribution >= 0.6 is 0 Å². The molecule has 0 saturated heterocycles. The number of carboxylic acids is 1. The van der Waals surface area contributed by atoms with Crippen molar-refractivity contribution in [1.82, 2.24) is 20.3 Å². The molecular weight excluding hydrogens is 614 g/mol. The molecule has 1 aliphatic carbocycles. The Morgan fingerprint density at radius 3 is 2.26 bits per heavy atom. The Morgan fingerprint density at radius 1 is 1.04 bits per heavy atom. The molecule has 5 rings (SSSR count). The highest BCUT2D eigenvalue weighted by molar-refractivity contribution is 7.90. The molecule has 1 aliphatic heterocycles. The van der Waals surface area contributed by atoms with Crippen LogP contribution < -0.4 is 20.1 Å². The Balaban J connectivity index is 0.000000216. The third kappa shape index (κ3) is 7.57. The fourth-order valence-corrected chi connectivity index (χ4v) is 5.29. The smallest absolute Gasteiger partial charge is 0.338 e. The number of benzene rings is 2. The van der Waals surface area contributed by atoms with Crippen LogP contribution in [0.5, 0.6) is 5.75 Å². The summed E-state index contributed by atoms with van der Waals surface area (Å²) in [6, 6.07) is 13.5. The van der Waals surface area contributed by atoms with Crippen molar-refractivity contribution < 1.29 is 37.4 Å². The summed E-state index contributed by atoms with van der Waals surface area (Å²) in [6.45, 7) is 7.28. The van der Waals surface area contributed by atoms with Crippen molar-refractivity contribution in [2.45, 2.75) is 57.0 Å². The van der Waals surface area contributed by atoms with Gasteiger partial charge in [0.25, 0.3) is 27.7 Å². The van der Waals surface area contributed by atoms with Crippen LogP contribution in [-0.2, 0) is 14.8 Å². The number of carboxylic acid groups (broad SMARTS) is 1. The van der Waals surface area contributed by atoms with Gasteiger partial charge in [-0.1, -0.05) is 26.0 Å². The molecule has 46 heavy (non-hydrogen) atoms. The van der Waals surface area contributed by atoms with Crippen LogP contribution in [0.4, 0.5) is 0 Å². The average Bonchev–Trinajstić information content (AvgIpc) is 3.78. The summed E-state index contributed by atoms with van der Waals surface area (Å²) in [5, 5.41) is 14.7. The first-order valence-electron chi connectivity index (χ1n) is 14.4. The van der Waals surface area contributed by atoms with E-state index < -0.39 is 27.4 Å². The highest BCUT2D eigenvalue weighted by Crippen LogP contribution is 2.27. The van der Waals surface area contributed by atoms with E-state index in [2.05, 4.69) is 20.6 Å². The molecule has 14 heteroatoms. The third-order valence-electron chi connectivity index (χ3n) is 7.56. The molecule has 1 aromatic heterocycles. The van der Waals surface area contributed by atoms with Crippen LogP contribution in [-0.4, -0.2) is 66.7 Å². The number of amides is 3. The Bertz CT molecular complexity index is 1820. The van der Waals surface area contributed by atoms with Gasteiger partial charge in [0, 0.05) is 17.8 Å². The topological polar surface area (TPSA) is 193 Å². The van der Waals surface area contributed by atoms with Crippen LogP contribution in [0.2, 0.25) is 0 Å². The van der Waals surface area contributed by atoms with Gasteiger partial charge in [0.15, 0.2) is 5.84 Å². The number of aryl methyl sites for hydroxylation is 1. The lowest BCUT2D eigenvalue weighted by molar-refractivity contribution is -0.124. The van der Waals surface area contributed by atoms with Crippen molar-refractivity contribution in [2.75, 3.05) is 7.11 Å². The fourth-order valence-electron chi connectivity index (χ4n) is 4.32. The van der Waals surface area contributed by atoms with E-state index in [0.717, 1.165) is 18.4 Å². The largest absolute Gasteiger partial charge is 0.496 e. The molecule has 1 atom stereocenters. The van der Waals surface area contributed by atoms with Crippen LogP contribution in [0.1, 0.15) is 75.9 Å². The Kier molecular flexibility index (Phi) is 9.90. The number of carbonyl (C=O) groups is 4. The Hall–Kier alpha value is -5.11. The number of ether oxygens (including phenoxy) is 1. The van der Waals surface area contributed by atoms with Crippen LogP contribution in [0, 0.1) is 12.8 Å². The van der Waals surface area contributed by atoms with Crippen molar-refractivity contribution in [2.24, 2.45) is 10.9 Å². The molecule has 0 spiro atoms. The number of pyridine rings is 1. The quantitative estimate of drug-likeness (QED) is 0.270. The number of amidine groups is 1. The summed E-state index contributed by atoms with van der Waals surface area (Å²) in [5.74, 6) is -1.87. The number of hydrogen-bond acceptors (Lipinski definition) is 9. The van der Waals surface area contributed by atoms with Gasteiger partial charge < -0.3 is 20.5 Å². The average molecular weight is 650 g/mol. The maximum absolute atomic E-state index is 12.4. The number of para-hydroxylation sites is 1. The summed E-state index contributed by atoms with van der Waals surface area (Å²) in [7, 11) is -2.68.